The number of nitrogens with zero attached hydrogens (tertiary/aromatic N) is 1. The maximum absolute atomic E-state index is 13.3. The van der Waals surface area contributed by atoms with Gasteiger partial charge >= 0.3 is 0 Å². The van der Waals surface area contributed by atoms with Gasteiger partial charge < -0.3 is 10.0 Å². The zero-order chi connectivity index (χ0) is 16.9. The third-order valence-corrected chi connectivity index (χ3v) is 5.01. The van der Waals surface area contributed by atoms with E-state index < -0.39 is 6.23 Å². The number of benzene rings is 2. The fraction of sp³-hybridized carbons (Fsp3) is 0.200. The molecule has 1 atom stereocenters. The molecule has 3 rings (SSSR count). The van der Waals surface area contributed by atoms with Gasteiger partial charge in [0.2, 0.25) is 0 Å². The number of aliphatic hydroxyl groups excluding tert-OH is 1. The Morgan fingerprint density at radius 3 is 2.50 bits per heavy atom. The van der Waals surface area contributed by atoms with E-state index in [2.05, 4.69) is 28.1 Å². The van der Waals surface area contributed by atoms with Crippen LogP contribution in [0, 0.1) is 5.82 Å². The van der Waals surface area contributed by atoms with E-state index in [4.69, 9.17) is 0 Å². The van der Waals surface area contributed by atoms with Gasteiger partial charge in [0.05, 0.1) is 0 Å². The van der Waals surface area contributed by atoms with Crippen LogP contribution in [-0.4, -0.2) is 16.2 Å². The first kappa shape index (κ1) is 16.9. The van der Waals surface area contributed by atoms with E-state index in [-0.39, 0.29) is 5.82 Å². The number of hydrogen-bond acceptors (Lipinski definition) is 2. The van der Waals surface area contributed by atoms with E-state index in [0.717, 1.165) is 28.5 Å². The van der Waals surface area contributed by atoms with Gasteiger partial charge in [-0.25, -0.2) is 4.39 Å². The summed E-state index contributed by atoms with van der Waals surface area (Å²) in [5.74, 6) is -0.263. The van der Waals surface area contributed by atoms with E-state index in [0.29, 0.717) is 6.54 Å². The molecule has 0 radical (unpaired) electrons. The van der Waals surface area contributed by atoms with Gasteiger partial charge in [0.15, 0.2) is 6.23 Å². The van der Waals surface area contributed by atoms with Gasteiger partial charge in [0.1, 0.15) is 5.82 Å². The van der Waals surface area contributed by atoms with Crippen molar-refractivity contribution in [2.75, 3.05) is 0 Å². The van der Waals surface area contributed by atoms with Crippen molar-refractivity contribution in [2.45, 2.75) is 25.6 Å². The van der Waals surface area contributed by atoms with E-state index in [1.165, 1.54) is 17.7 Å². The fourth-order valence-electron chi connectivity index (χ4n) is 2.77. The molecule has 1 heterocycles. The van der Waals surface area contributed by atoms with Crippen molar-refractivity contribution < 1.29 is 9.50 Å². The number of halogens is 2. The Bertz CT molecular complexity index is 757. The number of hydrogen-bond donors (Lipinski definition) is 1. The smallest absolute Gasteiger partial charge is 0.159 e. The van der Waals surface area contributed by atoms with Crippen LogP contribution in [0.1, 0.15) is 17.5 Å². The van der Waals surface area contributed by atoms with Crippen molar-refractivity contribution in [3.05, 3.63) is 93.9 Å². The van der Waals surface area contributed by atoms with Crippen LogP contribution in [0.4, 0.5) is 4.39 Å². The largest absolute Gasteiger partial charge is 0.369 e. The lowest BCUT2D eigenvalue weighted by atomic mass is 10.0. The van der Waals surface area contributed by atoms with Gasteiger partial charge in [-0.2, -0.15) is 0 Å². The third-order valence-electron chi connectivity index (χ3n) is 4.09. The molecular formula is C20H19BrFNO. The Morgan fingerprint density at radius 2 is 1.75 bits per heavy atom. The molecule has 0 saturated carbocycles. The molecule has 0 spiro atoms. The Labute approximate surface area is 150 Å². The van der Waals surface area contributed by atoms with E-state index in [1.54, 1.807) is 11.0 Å². The lowest BCUT2D eigenvalue weighted by Crippen LogP contribution is -2.33. The van der Waals surface area contributed by atoms with Crippen molar-refractivity contribution in [1.29, 1.82) is 0 Å². The normalized spacial score (nSPS) is 17.5. The summed E-state index contributed by atoms with van der Waals surface area (Å²) < 4.78 is 14.1. The van der Waals surface area contributed by atoms with Crippen LogP contribution in [-0.2, 0) is 13.0 Å². The van der Waals surface area contributed by atoms with Crippen LogP contribution in [0.2, 0.25) is 0 Å². The second kappa shape index (κ2) is 7.77. The predicted octanol–water partition coefficient (Wildman–Crippen LogP) is 4.76. The highest BCUT2D eigenvalue weighted by Crippen LogP contribution is 2.29. The van der Waals surface area contributed by atoms with E-state index >= 15 is 0 Å². The molecule has 2 nitrogen and oxygen atoms in total. The second-order valence-electron chi connectivity index (χ2n) is 5.85. The third kappa shape index (κ3) is 4.13. The van der Waals surface area contributed by atoms with Crippen LogP contribution in [0.15, 0.2) is 76.9 Å². The van der Waals surface area contributed by atoms with Gasteiger partial charge in [-0.15, -0.1) is 0 Å². The lowest BCUT2D eigenvalue weighted by Gasteiger charge is -2.31. The summed E-state index contributed by atoms with van der Waals surface area (Å²) >= 11 is 3.52. The minimum Gasteiger partial charge on any atom is -0.369 e. The summed E-state index contributed by atoms with van der Waals surface area (Å²) in [6.07, 6.45) is 4.92. The minimum absolute atomic E-state index is 0.263. The SMILES string of the molecule is OC1C(Br)=C(CCc2ccccc2)C=CN1Cc1cccc(F)c1. The predicted molar refractivity (Wildman–Crippen MR) is 97.8 cm³/mol. The van der Waals surface area contributed by atoms with Gasteiger partial charge in [-0.05, 0) is 47.8 Å². The molecule has 124 valence electrons. The quantitative estimate of drug-likeness (QED) is 0.799. The molecule has 0 aliphatic carbocycles. The molecule has 1 aliphatic rings. The number of rotatable bonds is 5. The van der Waals surface area contributed by atoms with Crippen molar-refractivity contribution in [3.8, 4) is 0 Å². The fourth-order valence-corrected chi connectivity index (χ4v) is 3.36. The molecule has 4 heteroatoms. The lowest BCUT2D eigenvalue weighted by molar-refractivity contribution is 0.0684. The molecule has 0 saturated heterocycles. The van der Waals surface area contributed by atoms with Crippen LogP contribution in [0.3, 0.4) is 0 Å². The van der Waals surface area contributed by atoms with Crippen LogP contribution >= 0.6 is 15.9 Å². The zero-order valence-corrected chi connectivity index (χ0v) is 14.8. The molecule has 0 fully saturated rings. The Kier molecular flexibility index (Phi) is 5.48. The Balaban J connectivity index is 1.65. The highest BCUT2D eigenvalue weighted by Gasteiger charge is 2.22. The number of allylic oxidation sites excluding steroid dienone is 2. The van der Waals surface area contributed by atoms with E-state index in [9.17, 15) is 9.50 Å². The monoisotopic (exact) mass is 387 g/mol. The van der Waals surface area contributed by atoms with Crippen molar-refractivity contribution in [1.82, 2.24) is 4.90 Å². The van der Waals surface area contributed by atoms with Crippen LogP contribution in [0.5, 0.6) is 0 Å². The number of aliphatic hydroxyl groups is 1. The summed E-state index contributed by atoms with van der Waals surface area (Å²) in [4.78, 5) is 1.78. The minimum atomic E-state index is -0.746. The Morgan fingerprint density at radius 1 is 1.00 bits per heavy atom. The van der Waals surface area contributed by atoms with Crippen LogP contribution < -0.4 is 0 Å². The topological polar surface area (TPSA) is 23.5 Å². The summed E-state index contributed by atoms with van der Waals surface area (Å²) in [5, 5.41) is 10.5. The average Bonchev–Trinajstić information content (AvgIpc) is 2.59. The standard InChI is InChI=1S/C20H19BrFNO/c21-19-17(10-9-15-5-2-1-3-6-15)11-12-23(20(19)24)14-16-7-4-8-18(22)13-16/h1-8,11-13,20,24H,9-10,14H2. The van der Waals surface area contributed by atoms with Gasteiger partial charge in [0, 0.05) is 17.2 Å². The van der Waals surface area contributed by atoms with Gasteiger partial charge in [0.25, 0.3) is 0 Å². The first-order valence-corrected chi connectivity index (χ1v) is 8.72. The second-order valence-corrected chi connectivity index (χ2v) is 6.70. The van der Waals surface area contributed by atoms with Crippen LogP contribution in [0.25, 0.3) is 0 Å². The Hall–Kier alpha value is -1.91. The van der Waals surface area contributed by atoms with Gasteiger partial charge in [-0.1, -0.05) is 58.4 Å². The summed E-state index contributed by atoms with van der Waals surface area (Å²) in [6, 6.07) is 16.7. The summed E-state index contributed by atoms with van der Waals surface area (Å²) in [7, 11) is 0. The zero-order valence-electron chi connectivity index (χ0n) is 13.2. The number of aryl methyl sites for hydroxylation is 1. The highest BCUT2D eigenvalue weighted by molar-refractivity contribution is 9.11. The molecule has 24 heavy (non-hydrogen) atoms. The molecule has 1 N–H and O–H groups in total. The van der Waals surface area contributed by atoms with E-state index in [1.807, 2.05) is 36.5 Å². The summed E-state index contributed by atoms with van der Waals surface area (Å²) in [6.45, 7) is 0.455. The summed E-state index contributed by atoms with van der Waals surface area (Å²) in [5.41, 5.74) is 3.18. The first-order valence-electron chi connectivity index (χ1n) is 7.92. The average molecular weight is 388 g/mol. The molecule has 2 aromatic carbocycles. The molecule has 0 amide bonds. The van der Waals surface area contributed by atoms with Gasteiger partial charge in [-0.3, -0.25) is 0 Å². The van der Waals surface area contributed by atoms with Crippen molar-refractivity contribution in [2.24, 2.45) is 0 Å². The first-order chi connectivity index (χ1) is 11.6. The molecular weight excluding hydrogens is 369 g/mol. The van der Waals surface area contributed by atoms with Crippen molar-refractivity contribution in [3.63, 3.8) is 0 Å². The van der Waals surface area contributed by atoms with Crippen molar-refractivity contribution >= 4 is 15.9 Å². The molecule has 2 aromatic rings. The maximum Gasteiger partial charge on any atom is 0.159 e. The molecule has 0 bridgehead atoms. The highest BCUT2D eigenvalue weighted by atomic mass is 79.9. The molecule has 1 aliphatic heterocycles. The maximum atomic E-state index is 13.3. The molecule has 0 aromatic heterocycles. The molecule has 1 unspecified atom stereocenters.